The number of fused-ring (bicyclic) bond motifs is 1. The minimum Gasteiger partial charge on any atom is -0.261 e. The van der Waals surface area contributed by atoms with Crippen LogP contribution in [0.3, 0.4) is 0 Å². The molecule has 0 saturated carbocycles. The highest BCUT2D eigenvalue weighted by molar-refractivity contribution is 5.91. The number of para-hydroxylation sites is 1. The second kappa shape index (κ2) is 8.10. The Morgan fingerprint density at radius 1 is 0.774 bits per heavy atom. The molecule has 0 atom stereocenters. The number of benzene rings is 3. The zero-order valence-corrected chi connectivity index (χ0v) is 15.9. The molecule has 0 bridgehead atoms. The summed E-state index contributed by atoms with van der Waals surface area (Å²) in [6, 6.07) is 14.4. The van der Waals surface area contributed by atoms with Crippen LogP contribution >= 0.6 is 0 Å². The molecule has 9 heteroatoms. The average molecular weight is 428 g/mol. The standard InChI is InChI=1S/C22H13F5N4/c1-11-6-8-12(9-7-11)21-29-15-5-3-2-4-13(15)22(30-21)31-28-10-14-16(23)18(25)20(27)19(26)17(14)24/h2-10H,1H3,(H,29,30,31)/b28-10-. The number of nitrogens with zero attached hydrogens (tertiary/aromatic N) is 3. The molecule has 4 nitrogen and oxygen atoms in total. The van der Waals surface area contributed by atoms with Gasteiger partial charge in [0.25, 0.3) is 0 Å². The molecule has 1 N–H and O–H groups in total. The normalized spacial score (nSPS) is 11.4. The Bertz CT molecular complexity index is 1290. The van der Waals surface area contributed by atoms with Crippen molar-refractivity contribution >= 4 is 22.9 Å². The molecule has 1 heterocycles. The fraction of sp³-hybridized carbons (Fsp3) is 0.0455. The molecule has 0 unspecified atom stereocenters. The van der Waals surface area contributed by atoms with Crippen LogP contribution in [0.5, 0.6) is 0 Å². The number of hydrogen-bond donors (Lipinski definition) is 1. The van der Waals surface area contributed by atoms with Crippen molar-refractivity contribution in [3.8, 4) is 11.4 Å². The van der Waals surface area contributed by atoms with Gasteiger partial charge in [-0.05, 0) is 19.1 Å². The molecule has 0 amide bonds. The lowest BCUT2D eigenvalue weighted by Gasteiger charge is -2.09. The molecule has 0 aliphatic heterocycles. The molecular formula is C22H13F5N4. The summed E-state index contributed by atoms with van der Waals surface area (Å²) in [5.74, 6) is -9.72. The molecule has 4 aromatic rings. The minimum absolute atomic E-state index is 0.196. The van der Waals surface area contributed by atoms with Gasteiger partial charge in [0.2, 0.25) is 5.82 Å². The highest BCUT2D eigenvalue weighted by Gasteiger charge is 2.24. The van der Waals surface area contributed by atoms with E-state index in [1.807, 2.05) is 31.2 Å². The second-order valence-electron chi connectivity index (χ2n) is 6.63. The van der Waals surface area contributed by atoms with E-state index in [1.54, 1.807) is 24.3 Å². The fourth-order valence-electron chi connectivity index (χ4n) is 2.89. The van der Waals surface area contributed by atoms with Crippen molar-refractivity contribution < 1.29 is 22.0 Å². The maximum Gasteiger partial charge on any atom is 0.200 e. The van der Waals surface area contributed by atoms with Crippen LogP contribution in [0.4, 0.5) is 27.8 Å². The number of halogens is 5. The lowest BCUT2D eigenvalue weighted by Crippen LogP contribution is -2.07. The van der Waals surface area contributed by atoms with Crippen LogP contribution < -0.4 is 5.43 Å². The van der Waals surface area contributed by atoms with Gasteiger partial charge in [-0.3, -0.25) is 5.43 Å². The quantitative estimate of drug-likeness (QED) is 0.148. The van der Waals surface area contributed by atoms with Crippen molar-refractivity contribution in [3.63, 3.8) is 0 Å². The molecule has 0 spiro atoms. The highest BCUT2D eigenvalue weighted by Crippen LogP contribution is 2.26. The predicted molar refractivity (Wildman–Crippen MR) is 107 cm³/mol. The Morgan fingerprint density at radius 3 is 2.06 bits per heavy atom. The van der Waals surface area contributed by atoms with Crippen LogP contribution in [0.1, 0.15) is 11.1 Å². The molecular weight excluding hydrogens is 415 g/mol. The van der Waals surface area contributed by atoms with Gasteiger partial charge in [-0.25, -0.2) is 31.9 Å². The molecule has 156 valence electrons. The van der Waals surface area contributed by atoms with E-state index in [1.165, 1.54) is 0 Å². The first-order chi connectivity index (χ1) is 14.9. The molecule has 0 fully saturated rings. The lowest BCUT2D eigenvalue weighted by molar-refractivity contribution is 0.377. The molecule has 31 heavy (non-hydrogen) atoms. The van der Waals surface area contributed by atoms with Crippen molar-refractivity contribution in [2.24, 2.45) is 5.10 Å². The summed E-state index contributed by atoms with van der Waals surface area (Å²) in [7, 11) is 0. The molecule has 0 radical (unpaired) electrons. The van der Waals surface area contributed by atoms with Crippen molar-refractivity contribution in [1.29, 1.82) is 0 Å². The van der Waals surface area contributed by atoms with Crippen LogP contribution in [-0.2, 0) is 0 Å². The third-order valence-electron chi connectivity index (χ3n) is 4.52. The molecule has 4 rings (SSSR count). The van der Waals surface area contributed by atoms with Gasteiger partial charge in [0, 0.05) is 10.9 Å². The molecule has 0 aliphatic carbocycles. The Kier molecular flexibility index (Phi) is 5.33. The van der Waals surface area contributed by atoms with E-state index >= 15 is 0 Å². The Balaban J connectivity index is 1.75. The molecule has 0 saturated heterocycles. The van der Waals surface area contributed by atoms with Gasteiger partial charge < -0.3 is 0 Å². The zero-order valence-electron chi connectivity index (χ0n) is 15.9. The average Bonchev–Trinajstić information content (AvgIpc) is 2.79. The number of hydrogen-bond acceptors (Lipinski definition) is 4. The van der Waals surface area contributed by atoms with Crippen molar-refractivity contribution in [2.75, 3.05) is 5.43 Å². The number of anilines is 1. The third kappa shape index (κ3) is 3.81. The highest BCUT2D eigenvalue weighted by atomic mass is 19.2. The SMILES string of the molecule is Cc1ccc(-c2nc(N/N=C\c3c(F)c(F)c(F)c(F)c3F)c3ccccc3n2)cc1. The van der Waals surface area contributed by atoms with Crippen molar-refractivity contribution in [1.82, 2.24) is 9.97 Å². The largest absolute Gasteiger partial charge is 0.261 e. The van der Waals surface area contributed by atoms with E-state index in [0.717, 1.165) is 11.1 Å². The number of rotatable bonds is 4. The van der Waals surface area contributed by atoms with E-state index in [2.05, 4.69) is 20.5 Å². The summed E-state index contributed by atoms with van der Waals surface area (Å²) in [6.45, 7) is 1.94. The van der Waals surface area contributed by atoms with Gasteiger partial charge in [0.1, 0.15) is 0 Å². The van der Waals surface area contributed by atoms with E-state index in [9.17, 15) is 22.0 Å². The van der Waals surface area contributed by atoms with Gasteiger partial charge in [0.05, 0.1) is 17.3 Å². The molecule has 1 aromatic heterocycles. The Labute approximate surface area is 173 Å². The second-order valence-corrected chi connectivity index (χ2v) is 6.63. The van der Waals surface area contributed by atoms with Gasteiger partial charge in [-0.2, -0.15) is 5.10 Å². The zero-order chi connectivity index (χ0) is 22.1. The van der Waals surface area contributed by atoms with Crippen LogP contribution in [0.25, 0.3) is 22.3 Å². The van der Waals surface area contributed by atoms with Gasteiger partial charge >= 0.3 is 0 Å². The minimum atomic E-state index is -2.23. The van der Waals surface area contributed by atoms with Gasteiger partial charge in [-0.15, -0.1) is 0 Å². The van der Waals surface area contributed by atoms with E-state index < -0.39 is 34.6 Å². The number of nitrogens with one attached hydrogen (secondary N) is 1. The van der Waals surface area contributed by atoms with E-state index in [-0.39, 0.29) is 5.82 Å². The molecule has 3 aromatic carbocycles. The van der Waals surface area contributed by atoms with Crippen LogP contribution in [-0.4, -0.2) is 16.2 Å². The summed E-state index contributed by atoms with van der Waals surface area (Å²) >= 11 is 0. The maximum atomic E-state index is 13.8. The fourth-order valence-corrected chi connectivity index (χ4v) is 2.89. The Morgan fingerprint density at radius 2 is 1.39 bits per heavy atom. The topological polar surface area (TPSA) is 50.2 Å². The Hall–Kier alpha value is -3.88. The summed E-state index contributed by atoms with van der Waals surface area (Å²) in [4.78, 5) is 8.89. The van der Waals surface area contributed by atoms with Gasteiger partial charge in [-0.1, -0.05) is 42.0 Å². The van der Waals surface area contributed by atoms with Gasteiger partial charge in [0.15, 0.2) is 34.9 Å². The van der Waals surface area contributed by atoms with Crippen LogP contribution in [0.2, 0.25) is 0 Å². The maximum absolute atomic E-state index is 13.8. The monoisotopic (exact) mass is 428 g/mol. The summed E-state index contributed by atoms with van der Waals surface area (Å²) in [5, 5.41) is 4.19. The smallest absolute Gasteiger partial charge is 0.200 e. The first-order valence-electron chi connectivity index (χ1n) is 9.01. The van der Waals surface area contributed by atoms with Crippen molar-refractivity contribution in [3.05, 3.63) is 88.7 Å². The van der Waals surface area contributed by atoms with Crippen LogP contribution in [0, 0.1) is 36.0 Å². The number of aryl methyl sites for hydroxylation is 1. The number of aromatic nitrogens is 2. The first kappa shape index (κ1) is 20.4. The summed E-state index contributed by atoms with van der Waals surface area (Å²) in [5.41, 5.74) is 3.69. The van der Waals surface area contributed by atoms with E-state index in [0.29, 0.717) is 22.9 Å². The molecule has 0 aliphatic rings. The van der Waals surface area contributed by atoms with E-state index in [4.69, 9.17) is 0 Å². The first-order valence-corrected chi connectivity index (χ1v) is 9.01. The van der Waals surface area contributed by atoms with Crippen molar-refractivity contribution in [2.45, 2.75) is 6.92 Å². The lowest BCUT2D eigenvalue weighted by atomic mass is 10.1. The predicted octanol–water partition coefficient (Wildman–Crippen LogP) is 5.75. The van der Waals surface area contributed by atoms with Crippen LogP contribution in [0.15, 0.2) is 53.6 Å². The number of hydrazone groups is 1. The summed E-state index contributed by atoms with van der Waals surface area (Å²) in [6.07, 6.45) is 0.513. The summed E-state index contributed by atoms with van der Waals surface area (Å²) < 4.78 is 67.6. The third-order valence-corrected chi connectivity index (χ3v) is 4.52.